The van der Waals surface area contributed by atoms with Crippen LogP contribution in [0, 0.1) is 5.82 Å². The van der Waals surface area contributed by atoms with Crippen LogP contribution >= 0.6 is 15.9 Å². The maximum atomic E-state index is 13.7. The van der Waals surface area contributed by atoms with Crippen LogP contribution in [0.25, 0.3) is 0 Å². The Bertz CT molecular complexity index is 676. The van der Waals surface area contributed by atoms with Crippen molar-refractivity contribution < 1.29 is 18.7 Å². The van der Waals surface area contributed by atoms with Gasteiger partial charge in [0.1, 0.15) is 17.3 Å². The van der Waals surface area contributed by atoms with Crippen LogP contribution in [0.4, 0.5) is 10.1 Å². The molecule has 0 spiro atoms. The van der Waals surface area contributed by atoms with Crippen LogP contribution in [0.3, 0.4) is 0 Å². The molecular formula is C15H13BrFNO3. The molecule has 0 radical (unpaired) electrons. The molecule has 2 aromatic rings. The Morgan fingerprint density at radius 3 is 2.57 bits per heavy atom. The lowest BCUT2D eigenvalue weighted by molar-refractivity contribution is 0.102. The number of anilines is 1. The Morgan fingerprint density at radius 2 is 1.90 bits per heavy atom. The average Bonchev–Trinajstić information content (AvgIpc) is 2.49. The zero-order chi connectivity index (χ0) is 15.4. The number of hydrogen-bond acceptors (Lipinski definition) is 3. The van der Waals surface area contributed by atoms with Gasteiger partial charge in [0.15, 0.2) is 0 Å². The van der Waals surface area contributed by atoms with Crippen molar-refractivity contribution in [1.29, 1.82) is 0 Å². The smallest absolute Gasteiger partial charge is 0.258 e. The van der Waals surface area contributed by atoms with Crippen LogP contribution < -0.4 is 14.8 Å². The molecule has 0 unspecified atom stereocenters. The predicted octanol–water partition coefficient (Wildman–Crippen LogP) is 3.86. The molecule has 0 fully saturated rings. The number of amides is 1. The highest BCUT2D eigenvalue weighted by molar-refractivity contribution is 9.10. The third-order valence-corrected chi connectivity index (χ3v) is 3.32. The summed E-state index contributed by atoms with van der Waals surface area (Å²) in [7, 11) is 3.00. The summed E-state index contributed by atoms with van der Waals surface area (Å²) in [4.78, 5) is 12.2. The molecule has 0 aliphatic rings. The zero-order valence-corrected chi connectivity index (χ0v) is 13.0. The first-order valence-electron chi connectivity index (χ1n) is 6.03. The van der Waals surface area contributed by atoms with Gasteiger partial charge in [-0.25, -0.2) is 4.39 Å². The third-order valence-electron chi connectivity index (χ3n) is 2.83. The monoisotopic (exact) mass is 353 g/mol. The average molecular weight is 354 g/mol. The largest absolute Gasteiger partial charge is 0.497 e. The van der Waals surface area contributed by atoms with Gasteiger partial charge in [0.2, 0.25) is 0 Å². The van der Waals surface area contributed by atoms with E-state index >= 15 is 0 Å². The predicted molar refractivity (Wildman–Crippen MR) is 81.6 cm³/mol. The van der Waals surface area contributed by atoms with Crippen molar-refractivity contribution in [3.05, 3.63) is 52.3 Å². The first-order chi connectivity index (χ1) is 10.0. The second-order valence-electron chi connectivity index (χ2n) is 4.14. The second-order valence-corrected chi connectivity index (χ2v) is 5.06. The van der Waals surface area contributed by atoms with E-state index in [1.807, 2.05) is 0 Å². The zero-order valence-electron chi connectivity index (χ0n) is 11.4. The Morgan fingerprint density at radius 1 is 1.14 bits per heavy atom. The molecule has 110 valence electrons. The van der Waals surface area contributed by atoms with Gasteiger partial charge in [-0.3, -0.25) is 4.79 Å². The van der Waals surface area contributed by atoms with Gasteiger partial charge in [0.05, 0.1) is 25.5 Å². The molecule has 21 heavy (non-hydrogen) atoms. The summed E-state index contributed by atoms with van der Waals surface area (Å²) >= 11 is 3.21. The lowest BCUT2D eigenvalue weighted by atomic mass is 10.2. The summed E-state index contributed by atoms with van der Waals surface area (Å²) in [5.41, 5.74) is 0.343. The molecule has 0 saturated heterocycles. The number of carbonyl (C=O) groups is 1. The maximum Gasteiger partial charge on any atom is 0.258 e. The van der Waals surface area contributed by atoms with E-state index in [9.17, 15) is 9.18 Å². The normalized spacial score (nSPS) is 10.1. The fourth-order valence-corrected chi connectivity index (χ4v) is 2.13. The quantitative estimate of drug-likeness (QED) is 0.907. The second kappa shape index (κ2) is 6.58. The van der Waals surface area contributed by atoms with Gasteiger partial charge < -0.3 is 14.8 Å². The highest BCUT2D eigenvalue weighted by atomic mass is 79.9. The van der Waals surface area contributed by atoms with Crippen molar-refractivity contribution in [2.75, 3.05) is 19.5 Å². The Hall–Kier alpha value is -2.08. The minimum Gasteiger partial charge on any atom is -0.497 e. The van der Waals surface area contributed by atoms with Crippen LogP contribution in [0.2, 0.25) is 0 Å². The van der Waals surface area contributed by atoms with Gasteiger partial charge in [-0.05, 0) is 30.3 Å². The molecular weight excluding hydrogens is 341 g/mol. The first kappa shape index (κ1) is 15.3. The van der Waals surface area contributed by atoms with Gasteiger partial charge >= 0.3 is 0 Å². The van der Waals surface area contributed by atoms with Crippen molar-refractivity contribution in [3.63, 3.8) is 0 Å². The van der Waals surface area contributed by atoms with Gasteiger partial charge in [0.25, 0.3) is 5.91 Å². The van der Waals surface area contributed by atoms with Crippen molar-refractivity contribution >= 4 is 27.5 Å². The van der Waals surface area contributed by atoms with E-state index in [2.05, 4.69) is 21.2 Å². The Kier molecular flexibility index (Phi) is 4.80. The van der Waals surface area contributed by atoms with Crippen LogP contribution in [0.1, 0.15) is 10.4 Å². The lowest BCUT2D eigenvalue weighted by Gasteiger charge is -2.12. The highest BCUT2D eigenvalue weighted by Crippen LogP contribution is 2.29. The molecule has 0 aliphatic carbocycles. The van der Waals surface area contributed by atoms with Crippen LogP contribution in [-0.2, 0) is 0 Å². The standard InChI is InChI=1S/C15H13BrFNO3/c1-20-10-4-6-14(21-2)13(8-10)18-15(19)11-7-9(16)3-5-12(11)17/h3-8H,1-2H3,(H,18,19). The summed E-state index contributed by atoms with van der Waals surface area (Å²) in [6.45, 7) is 0. The molecule has 2 rings (SSSR count). The summed E-state index contributed by atoms with van der Waals surface area (Å²) in [5, 5.41) is 2.62. The molecule has 1 N–H and O–H groups in total. The number of halogens is 2. The lowest BCUT2D eigenvalue weighted by Crippen LogP contribution is -2.14. The minimum atomic E-state index is -0.599. The topological polar surface area (TPSA) is 47.6 Å². The number of methoxy groups -OCH3 is 2. The van der Waals surface area contributed by atoms with Gasteiger partial charge in [-0.15, -0.1) is 0 Å². The molecule has 6 heteroatoms. The third kappa shape index (κ3) is 3.52. The number of rotatable bonds is 4. The fourth-order valence-electron chi connectivity index (χ4n) is 1.77. The van der Waals surface area contributed by atoms with Crippen molar-refractivity contribution in [3.8, 4) is 11.5 Å². The van der Waals surface area contributed by atoms with Crippen molar-refractivity contribution in [1.82, 2.24) is 0 Å². The number of hydrogen-bond donors (Lipinski definition) is 1. The molecule has 0 atom stereocenters. The molecule has 2 aromatic carbocycles. The Labute approximate surface area is 130 Å². The number of nitrogens with one attached hydrogen (secondary N) is 1. The molecule has 4 nitrogen and oxygen atoms in total. The van der Waals surface area contributed by atoms with Crippen molar-refractivity contribution in [2.24, 2.45) is 0 Å². The van der Waals surface area contributed by atoms with E-state index in [0.717, 1.165) is 0 Å². The van der Waals surface area contributed by atoms with E-state index in [1.165, 1.54) is 32.4 Å². The van der Waals surface area contributed by atoms with E-state index in [4.69, 9.17) is 9.47 Å². The maximum absolute atomic E-state index is 13.7. The summed E-state index contributed by atoms with van der Waals surface area (Å²) < 4.78 is 24.6. The SMILES string of the molecule is COc1ccc(OC)c(NC(=O)c2cc(Br)ccc2F)c1. The van der Waals surface area contributed by atoms with Crippen LogP contribution in [0.5, 0.6) is 11.5 Å². The van der Waals surface area contributed by atoms with E-state index in [0.29, 0.717) is 21.7 Å². The van der Waals surface area contributed by atoms with Crippen LogP contribution in [0.15, 0.2) is 40.9 Å². The van der Waals surface area contributed by atoms with Crippen molar-refractivity contribution in [2.45, 2.75) is 0 Å². The van der Waals surface area contributed by atoms with Gasteiger partial charge in [0, 0.05) is 10.5 Å². The van der Waals surface area contributed by atoms with Gasteiger partial charge in [-0.2, -0.15) is 0 Å². The molecule has 0 bridgehead atoms. The van der Waals surface area contributed by atoms with E-state index in [-0.39, 0.29) is 5.56 Å². The number of benzene rings is 2. The molecule has 0 aromatic heterocycles. The fraction of sp³-hybridized carbons (Fsp3) is 0.133. The summed E-state index contributed by atoms with van der Waals surface area (Å²) in [6.07, 6.45) is 0. The first-order valence-corrected chi connectivity index (χ1v) is 6.83. The molecule has 1 amide bonds. The number of carbonyl (C=O) groups excluding carboxylic acids is 1. The highest BCUT2D eigenvalue weighted by Gasteiger charge is 2.15. The summed E-state index contributed by atoms with van der Waals surface area (Å²) in [6, 6.07) is 9.13. The molecule has 0 heterocycles. The summed E-state index contributed by atoms with van der Waals surface area (Å²) in [5.74, 6) is -0.154. The molecule has 0 saturated carbocycles. The van der Waals surface area contributed by atoms with E-state index in [1.54, 1.807) is 18.2 Å². The van der Waals surface area contributed by atoms with Gasteiger partial charge in [-0.1, -0.05) is 15.9 Å². The molecule has 0 aliphatic heterocycles. The van der Waals surface area contributed by atoms with Crippen LogP contribution in [-0.4, -0.2) is 20.1 Å². The minimum absolute atomic E-state index is 0.0609. The number of ether oxygens (including phenoxy) is 2. The van der Waals surface area contributed by atoms with E-state index < -0.39 is 11.7 Å². The Balaban J connectivity index is 2.32.